The molecule has 0 spiro atoms. The van der Waals surface area contributed by atoms with Crippen molar-refractivity contribution in [3.63, 3.8) is 0 Å². The van der Waals surface area contributed by atoms with Gasteiger partial charge in [-0.25, -0.2) is 18.6 Å². The van der Waals surface area contributed by atoms with Crippen molar-refractivity contribution >= 4 is 28.9 Å². The van der Waals surface area contributed by atoms with Gasteiger partial charge in [0.05, 0.1) is 13.2 Å². The van der Waals surface area contributed by atoms with Gasteiger partial charge in [0.2, 0.25) is 0 Å². The Balaban J connectivity index is 1.83. The van der Waals surface area contributed by atoms with Crippen molar-refractivity contribution in [2.24, 2.45) is 5.92 Å². The summed E-state index contributed by atoms with van der Waals surface area (Å²) in [6, 6.07) is 12.4. The number of ether oxygens (including phenoxy) is 1. The maximum Gasteiger partial charge on any atom is 0.354 e. The number of hydrogen-bond acceptors (Lipinski definition) is 6. The van der Waals surface area contributed by atoms with E-state index in [1.54, 1.807) is 0 Å². The smallest absolute Gasteiger partial charge is 0.354 e. The van der Waals surface area contributed by atoms with Crippen LogP contribution in [0.3, 0.4) is 0 Å². The van der Waals surface area contributed by atoms with Crippen molar-refractivity contribution in [2.45, 2.75) is 13.8 Å². The Morgan fingerprint density at radius 1 is 1.09 bits per heavy atom. The quantitative estimate of drug-likeness (QED) is 0.396. The van der Waals surface area contributed by atoms with Crippen molar-refractivity contribution in [3.05, 3.63) is 71.4 Å². The Hall–Kier alpha value is -3.85. The molecule has 0 unspecified atom stereocenters. The molecule has 2 heterocycles. The lowest BCUT2D eigenvalue weighted by molar-refractivity contribution is 0.0690. The van der Waals surface area contributed by atoms with Gasteiger partial charge in [-0.05, 0) is 47.4 Å². The number of halogens is 2. The van der Waals surface area contributed by atoms with Gasteiger partial charge >= 0.3 is 5.97 Å². The van der Waals surface area contributed by atoms with Gasteiger partial charge in [0.25, 0.3) is 0 Å². The molecule has 4 rings (SSSR count). The number of nitrogens with one attached hydrogen (secondary N) is 2. The number of pyridine rings is 1. The number of aromatic carboxylic acids is 1. The SMILES string of the molecule is CC(C)C(=N)c1c(-c2ccc(N3CCOCC3)cc2)cc(C(=O)O)nc1Nc1ccc(F)c(F)c1. The molecule has 3 N–H and O–H groups in total. The summed E-state index contributed by atoms with van der Waals surface area (Å²) in [5, 5.41) is 21.4. The first-order chi connectivity index (χ1) is 16.7. The number of carbonyl (C=O) groups is 1. The van der Waals surface area contributed by atoms with E-state index in [0.29, 0.717) is 29.9 Å². The number of nitrogens with zero attached hydrogens (tertiary/aromatic N) is 2. The Morgan fingerprint density at radius 2 is 1.77 bits per heavy atom. The molecular formula is C26H26F2N4O3. The van der Waals surface area contributed by atoms with E-state index in [9.17, 15) is 18.7 Å². The lowest BCUT2D eigenvalue weighted by Gasteiger charge is -2.29. The van der Waals surface area contributed by atoms with Crippen LogP contribution in [0.5, 0.6) is 0 Å². The minimum absolute atomic E-state index is 0.0851. The van der Waals surface area contributed by atoms with Crippen LogP contribution in [0.25, 0.3) is 11.1 Å². The molecule has 7 nitrogen and oxygen atoms in total. The van der Waals surface area contributed by atoms with Crippen LogP contribution in [0.1, 0.15) is 29.9 Å². The second kappa shape index (κ2) is 10.2. The second-order valence-electron chi connectivity index (χ2n) is 8.55. The monoisotopic (exact) mass is 480 g/mol. The summed E-state index contributed by atoms with van der Waals surface area (Å²) in [7, 11) is 0. The number of rotatable bonds is 7. The zero-order valence-corrected chi connectivity index (χ0v) is 19.4. The minimum Gasteiger partial charge on any atom is -0.477 e. The first-order valence-electron chi connectivity index (χ1n) is 11.3. The topological polar surface area (TPSA) is 98.5 Å². The Kier molecular flexibility index (Phi) is 7.07. The third-order valence-corrected chi connectivity index (χ3v) is 5.82. The predicted molar refractivity (Wildman–Crippen MR) is 131 cm³/mol. The van der Waals surface area contributed by atoms with Gasteiger partial charge in [-0.3, -0.25) is 0 Å². The van der Waals surface area contributed by atoms with Crippen molar-refractivity contribution < 1.29 is 23.4 Å². The lowest BCUT2D eigenvalue weighted by Crippen LogP contribution is -2.36. The molecule has 1 aliphatic heterocycles. The highest BCUT2D eigenvalue weighted by Gasteiger charge is 2.23. The molecule has 3 aromatic rings. The van der Waals surface area contributed by atoms with Crippen LogP contribution in [-0.2, 0) is 4.74 Å². The maximum absolute atomic E-state index is 13.8. The molecule has 1 aliphatic rings. The summed E-state index contributed by atoms with van der Waals surface area (Å²) in [6.45, 7) is 6.57. The van der Waals surface area contributed by atoms with Crippen LogP contribution < -0.4 is 10.2 Å². The average Bonchev–Trinajstić information content (AvgIpc) is 2.86. The summed E-state index contributed by atoms with van der Waals surface area (Å²) in [5.41, 5.74) is 2.81. The summed E-state index contributed by atoms with van der Waals surface area (Å²) in [5.74, 6) is -3.42. The zero-order chi connectivity index (χ0) is 25.1. The molecule has 35 heavy (non-hydrogen) atoms. The number of hydrogen-bond donors (Lipinski definition) is 3. The van der Waals surface area contributed by atoms with Crippen LogP contribution in [0.4, 0.5) is 26.0 Å². The third-order valence-electron chi connectivity index (χ3n) is 5.82. The Labute approximate surface area is 201 Å². The van der Waals surface area contributed by atoms with E-state index >= 15 is 0 Å². The summed E-state index contributed by atoms with van der Waals surface area (Å²) < 4.78 is 32.7. The van der Waals surface area contributed by atoms with Crippen molar-refractivity contribution in [1.82, 2.24) is 4.98 Å². The number of carboxylic acid groups (broad SMARTS) is 1. The molecule has 0 saturated carbocycles. The molecule has 9 heteroatoms. The first-order valence-corrected chi connectivity index (χ1v) is 11.3. The van der Waals surface area contributed by atoms with Gasteiger partial charge in [0.15, 0.2) is 17.3 Å². The predicted octanol–water partition coefficient (Wildman–Crippen LogP) is 5.33. The molecule has 1 aromatic heterocycles. The molecule has 1 saturated heterocycles. The normalized spacial score (nSPS) is 13.7. The van der Waals surface area contributed by atoms with Gasteiger partial charge in [0.1, 0.15) is 5.82 Å². The molecule has 0 aliphatic carbocycles. The lowest BCUT2D eigenvalue weighted by atomic mass is 9.91. The molecule has 0 amide bonds. The van der Waals surface area contributed by atoms with Gasteiger partial charge < -0.3 is 25.5 Å². The van der Waals surface area contributed by atoms with E-state index < -0.39 is 17.6 Å². The number of anilines is 3. The number of morpholine rings is 1. The Bertz CT molecular complexity index is 1260. The molecule has 1 fully saturated rings. The van der Waals surface area contributed by atoms with Crippen molar-refractivity contribution in [3.8, 4) is 11.1 Å². The second-order valence-corrected chi connectivity index (χ2v) is 8.55. The molecular weight excluding hydrogens is 454 g/mol. The highest BCUT2D eigenvalue weighted by Crippen LogP contribution is 2.34. The van der Waals surface area contributed by atoms with Gasteiger partial charge in [-0.2, -0.15) is 0 Å². The molecule has 0 radical (unpaired) electrons. The summed E-state index contributed by atoms with van der Waals surface area (Å²) in [4.78, 5) is 18.3. The first kappa shape index (κ1) is 24.3. The van der Waals surface area contributed by atoms with Crippen LogP contribution in [-0.4, -0.2) is 48.1 Å². The fourth-order valence-electron chi connectivity index (χ4n) is 3.92. The van der Waals surface area contributed by atoms with Gasteiger partial charge in [-0.1, -0.05) is 26.0 Å². The molecule has 0 bridgehead atoms. The van der Waals surface area contributed by atoms with Crippen LogP contribution in [0.15, 0.2) is 48.5 Å². The van der Waals surface area contributed by atoms with Crippen LogP contribution in [0, 0.1) is 23.0 Å². The van der Waals surface area contributed by atoms with E-state index in [4.69, 9.17) is 10.1 Å². The fraction of sp³-hybridized carbons (Fsp3) is 0.269. The third kappa shape index (κ3) is 5.30. The van der Waals surface area contributed by atoms with Gasteiger partial charge in [-0.15, -0.1) is 0 Å². The van der Waals surface area contributed by atoms with E-state index in [0.717, 1.165) is 30.9 Å². The van der Waals surface area contributed by atoms with Crippen LogP contribution >= 0.6 is 0 Å². The maximum atomic E-state index is 13.8. The highest BCUT2D eigenvalue weighted by molar-refractivity contribution is 6.10. The van der Waals surface area contributed by atoms with E-state index in [1.165, 1.54) is 12.1 Å². The summed E-state index contributed by atoms with van der Waals surface area (Å²) >= 11 is 0. The molecule has 182 valence electrons. The highest BCUT2D eigenvalue weighted by atomic mass is 19.2. The van der Waals surface area contributed by atoms with Crippen molar-refractivity contribution in [1.29, 1.82) is 5.41 Å². The Morgan fingerprint density at radius 3 is 2.37 bits per heavy atom. The minimum atomic E-state index is -1.24. The van der Waals surface area contributed by atoms with Crippen LogP contribution in [0.2, 0.25) is 0 Å². The summed E-state index contributed by atoms with van der Waals surface area (Å²) in [6.07, 6.45) is 0. The number of benzene rings is 2. The fourth-order valence-corrected chi connectivity index (χ4v) is 3.92. The standard InChI is InChI=1S/C26H26F2N4O3/c1-15(2)24(29)23-19(16-3-6-18(7-4-16)32-9-11-35-12-10-32)14-22(26(33)34)31-25(23)30-17-5-8-20(27)21(28)13-17/h3-8,13-15,29H,9-12H2,1-2H3,(H,30,31)(H,33,34). The number of aromatic nitrogens is 1. The van der Waals surface area contributed by atoms with E-state index in [-0.39, 0.29) is 28.8 Å². The molecule has 0 atom stereocenters. The van der Waals surface area contributed by atoms with E-state index in [2.05, 4.69) is 15.2 Å². The largest absolute Gasteiger partial charge is 0.477 e. The molecule has 2 aromatic carbocycles. The van der Waals surface area contributed by atoms with Crippen molar-refractivity contribution in [2.75, 3.05) is 36.5 Å². The van der Waals surface area contributed by atoms with E-state index in [1.807, 2.05) is 38.1 Å². The number of carboxylic acids is 1. The average molecular weight is 481 g/mol. The zero-order valence-electron chi connectivity index (χ0n) is 19.4. The van der Waals surface area contributed by atoms with Gasteiger partial charge in [0, 0.05) is 41.8 Å².